The highest BCUT2D eigenvalue weighted by Gasteiger charge is 2.42. The first-order valence-corrected chi connectivity index (χ1v) is 10.8. The van der Waals surface area contributed by atoms with Gasteiger partial charge in [-0.15, -0.1) is 6.58 Å². The van der Waals surface area contributed by atoms with Crippen molar-refractivity contribution in [3.63, 3.8) is 0 Å². The number of methoxy groups -OCH3 is 1. The lowest BCUT2D eigenvalue weighted by Gasteiger charge is -2.50. The lowest BCUT2D eigenvalue weighted by atomic mass is 9.73. The van der Waals surface area contributed by atoms with E-state index < -0.39 is 16.5 Å². The fourth-order valence-electron chi connectivity index (χ4n) is 4.44. The normalized spacial score (nSPS) is 27.0. The van der Waals surface area contributed by atoms with Gasteiger partial charge in [0.05, 0.1) is 18.7 Å². The number of rotatable bonds is 4. The van der Waals surface area contributed by atoms with E-state index in [1.54, 1.807) is 13.3 Å². The third-order valence-corrected chi connectivity index (χ3v) is 5.82. The number of hydrogen-bond acceptors (Lipinski definition) is 6. The van der Waals surface area contributed by atoms with Crippen molar-refractivity contribution in [2.75, 3.05) is 20.2 Å². The van der Waals surface area contributed by atoms with E-state index >= 15 is 0 Å². The molecular weight excluding hydrogens is 396 g/mol. The van der Waals surface area contributed by atoms with E-state index in [0.717, 1.165) is 41.7 Å². The maximum absolute atomic E-state index is 11.2. The van der Waals surface area contributed by atoms with Crippen molar-refractivity contribution in [2.24, 2.45) is 11.8 Å². The molecule has 5 atom stereocenters. The molecule has 0 spiro atoms. The van der Waals surface area contributed by atoms with Crippen LogP contribution in [0.2, 0.25) is 0 Å². The Morgan fingerprint density at radius 1 is 1.34 bits per heavy atom. The summed E-state index contributed by atoms with van der Waals surface area (Å²) in [5, 5.41) is 12.1. The first-order chi connectivity index (χ1) is 13.7. The van der Waals surface area contributed by atoms with Crippen molar-refractivity contribution in [3.8, 4) is 5.75 Å². The second-order valence-corrected chi connectivity index (χ2v) is 8.32. The van der Waals surface area contributed by atoms with E-state index in [4.69, 9.17) is 22.3 Å². The number of aromatic nitrogens is 1. The summed E-state index contributed by atoms with van der Waals surface area (Å²) >= 11 is 0. The molecule has 3 saturated heterocycles. The number of benzene rings is 1. The molecule has 0 saturated carbocycles. The fourth-order valence-corrected chi connectivity index (χ4v) is 4.44. The summed E-state index contributed by atoms with van der Waals surface area (Å²) in [6.45, 7) is 6.07. The van der Waals surface area contributed by atoms with Gasteiger partial charge >= 0.3 is 10.4 Å². The molecule has 0 amide bonds. The number of ether oxygens (including phenoxy) is 1. The Kier molecular flexibility index (Phi) is 6.55. The second kappa shape index (κ2) is 8.76. The highest BCUT2D eigenvalue weighted by atomic mass is 32.3. The predicted molar refractivity (Wildman–Crippen MR) is 109 cm³/mol. The largest absolute Gasteiger partial charge is 0.497 e. The molecule has 1 aromatic carbocycles. The Morgan fingerprint density at radius 2 is 2.07 bits per heavy atom. The summed E-state index contributed by atoms with van der Waals surface area (Å²) in [5.74, 6) is 2.01. The predicted octanol–water partition coefficient (Wildman–Crippen LogP) is 2.52. The van der Waals surface area contributed by atoms with Gasteiger partial charge in [0.2, 0.25) is 0 Å². The van der Waals surface area contributed by atoms with Gasteiger partial charge in [0.15, 0.2) is 0 Å². The van der Waals surface area contributed by atoms with Gasteiger partial charge in [0, 0.05) is 24.2 Å². The second-order valence-electron chi connectivity index (χ2n) is 7.42. The molecule has 1 aromatic heterocycles. The van der Waals surface area contributed by atoms with Gasteiger partial charge in [0.1, 0.15) is 5.75 Å². The average molecular weight is 423 g/mol. The van der Waals surface area contributed by atoms with Crippen LogP contribution in [0.5, 0.6) is 5.75 Å². The summed E-state index contributed by atoms with van der Waals surface area (Å²) in [5.41, 5.74) is 1.85. The maximum Gasteiger partial charge on any atom is 0.394 e. The molecule has 3 aliphatic heterocycles. The van der Waals surface area contributed by atoms with Crippen molar-refractivity contribution < 1.29 is 27.4 Å². The SMILES string of the molecule is C=CC1CN2CCC1C[C@H]2[C@H](O)c1ccnc2ccc(OC)cc12.O=S(=O)(O)O. The summed E-state index contributed by atoms with van der Waals surface area (Å²) in [4.78, 5) is 6.86. The van der Waals surface area contributed by atoms with E-state index in [2.05, 4.69) is 22.5 Å². The zero-order chi connectivity index (χ0) is 21.2. The highest BCUT2D eigenvalue weighted by molar-refractivity contribution is 7.79. The summed E-state index contributed by atoms with van der Waals surface area (Å²) in [6, 6.07) is 7.96. The topological polar surface area (TPSA) is 120 Å². The van der Waals surface area contributed by atoms with E-state index in [9.17, 15) is 5.11 Å². The van der Waals surface area contributed by atoms with E-state index in [-0.39, 0.29) is 6.04 Å². The minimum absolute atomic E-state index is 0.178. The minimum Gasteiger partial charge on any atom is -0.497 e. The highest BCUT2D eigenvalue weighted by Crippen LogP contribution is 2.42. The van der Waals surface area contributed by atoms with Crippen LogP contribution in [0.15, 0.2) is 43.1 Å². The van der Waals surface area contributed by atoms with Gasteiger partial charge in [-0.05, 0) is 61.1 Å². The van der Waals surface area contributed by atoms with Crippen LogP contribution < -0.4 is 4.74 Å². The molecular formula is C20H26N2O6S. The van der Waals surface area contributed by atoms with E-state index in [1.165, 1.54) is 6.42 Å². The Hall–Kier alpha value is -2.04. The van der Waals surface area contributed by atoms with Gasteiger partial charge in [-0.3, -0.25) is 19.0 Å². The molecule has 9 heteroatoms. The zero-order valence-electron chi connectivity index (χ0n) is 16.2. The first kappa shape index (κ1) is 21.7. The maximum atomic E-state index is 11.2. The van der Waals surface area contributed by atoms with Crippen LogP contribution in [0, 0.1) is 11.8 Å². The Morgan fingerprint density at radius 3 is 2.66 bits per heavy atom. The molecule has 0 aliphatic carbocycles. The molecule has 2 aromatic rings. The van der Waals surface area contributed by atoms with Gasteiger partial charge in [-0.25, -0.2) is 0 Å². The standard InChI is InChI=1S/C20H24N2O2.H2O4S/c1-3-13-12-22-9-7-14(13)10-19(22)20(23)16-6-8-21-18-5-4-15(24-2)11-17(16)18;1-5(2,3)4/h3-6,8,11,13-14,19-20,23H,1,7,9-10,12H2,2H3;(H2,1,2,3,4)/t13?,14?,19-,20+;/m0./s1. The molecule has 4 heterocycles. The van der Waals surface area contributed by atoms with Crippen molar-refractivity contribution in [2.45, 2.75) is 25.0 Å². The number of piperidine rings is 3. The lowest BCUT2D eigenvalue weighted by Crippen LogP contribution is -2.54. The molecule has 3 aliphatic rings. The van der Waals surface area contributed by atoms with E-state index in [1.807, 2.05) is 24.3 Å². The fraction of sp³-hybridized carbons (Fsp3) is 0.450. The summed E-state index contributed by atoms with van der Waals surface area (Å²) in [7, 11) is -3.01. The van der Waals surface area contributed by atoms with Gasteiger partial charge in [-0.1, -0.05) is 6.08 Å². The number of aliphatic hydroxyl groups is 1. The Labute approximate surface area is 170 Å². The number of hydrogen-bond donors (Lipinski definition) is 3. The zero-order valence-corrected chi connectivity index (χ0v) is 17.0. The van der Waals surface area contributed by atoms with Crippen LogP contribution in [0.1, 0.15) is 24.5 Å². The first-order valence-electron chi connectivity index (χ1n) is 9.38. The van der Waals surface area contributed by atoms with Crippen LogP contribution >= 0.6 is 0 Å². The molecule has 3 unspecified atom stereocenters. The molecule has 3 fully saturated rings. The molecule has 5 rings (SSSR count). The van der Waals surface area contributed by atoms with Gasteiger partial charge < -0.3 is 9.84 Å². The van der Waals surface area contributed by atoms with Crippen LogP contribution in [-0.2, 0) is 10.4 Å². The van der Waals surface area contributed by atoms with Crippen molar-refractivity contribution in [1.82, 2.24) is 9.88 Å². The van der Waals surface area contributed by atoms with Crippen LogP contribution in [0.25, 0.3) is 10.9 Å². The van der Waals surface area contributed by atoms with Crippen molar-refractivity contribution in [3.05, 3.63) is 48.7 Å². The lowest BCUT2D eigenvalue weighted by molar-refractivity contribution is -0.0444. The smallest absolute Gasteiger partial charge is 0.394 e. The minimum atomic E-state index is -4.67. The molecule has 8 nitrogen and oxygen atoms in total. The third-order valence-electron chi connectivity index (χ3n) is 5.82. The third kappa shape index (κ3) is 5.12. The van der Waals surface area contributed by atoms with Gasteiger partial charge in [-0.2, -0.15) is 8.42 Å². The van der Waals surface area contributed by atoms with Crippen LogP contribution in [0.4, 0.5) is 0 Å². The molecule has 29 heavy (non-hydrogen) atoms. The average Bonchev–Trinajstić information content (AvgIpc) is 2.71. The molecule has 3 N–H and O–H groups in total. The summed E-state index contributed by atoms with van der Waals surface area (Å²) < 4.78 is 36.9. The summed E-state index contributed by atoms with van der Waals surface area (Å²) in [6.07, 6.45) is 5.62. The number of pyridine rings is 1. The van der Waals surface area contributed by atoms with Gasteiger partial charge in [0.25, 0.3) is 0 Å². The van der Waals surface area contributed by atoms with Crippen molar-refractivity contribution in [1.29, 1.82) is 0 Å². The van der Waals surface area contributed by atoms with E-state index in [0.29, 0.717) is 11.8 Å². The molecule has 158 valence electrons. The molecule has 2 bridgehead atoms. The number of nitrogens with zero attached hydrogens (tertiary/aromatic N) is 2. The Balaban J connectivity index is 0.000000431. The van der Waals surface area contributed by atoms with Crippen LogP contribution in [-0.4, -0.2) is 58.8 Å². The Bertz CT molecular complexity index is 972. The number of fused-ring (bicyclic) bond motifs is 4. The quantitative estimate of drug-likeness (QED) is 0.508. The monoisotopic (exact) mass is 422 g/mol. The van der Waals surface area contributed by atoms with Crippen molar-refractivity contribution >= 4 is 21.3 Å². The molecule has 0 radical (unpaired) electrons. The van der Waals surface area contributed by atoms with Crippen LogP contribution in [0.3, 0.4) is 0 Å². The number of aliphatic hydroxyl groups excluding tert-OH is 1.